The molecule has 2 atom stereocenters. The zero-order valence-electron chi connectivity index (χ0n) is 12.5. The van der Waals surface area contributed by atoms with E-state index in [1.54, 1.807) is 6.92 Å². The molecule has 0 saturated carbocycles. The van der Waals surface area contributed by atoms with Gasteiger partial charge < -0.3 is 15.5 Å². The van der Waals surface area contributed by atoms with Crippen LogP contribution in [0, 0.1) is 0 Å². The topological polar surface area (TPSA) is 124 Å². The third kappa shape index (κ3) is 2.97. The lowest BCUT2D eigenvalue weighted by molar-refractivity contribution is -0.142. The van der Waals surface area contributed by atoms with Crippen molar-refractivity contribution in [3.8, 4) is 0 Å². The number of carboxylic acids is 1. The lowest BCUT2D eigenvalue weighted by Crippen LogP contribution is -2.53. The van der Waals surface area contributed by atoms with Crippen molar-refractivity contribution in [3.63, 3.8) is 0 Å². The maximum Gasteiger partial charge on any atom is 0.353 e. The first-order chi connectivity index (χ1) is 10.8. The third-order valence-electron chi connectivity index (χ3n) is 3.60. The van der Waals surface area contributed by atoms with E-state index < -0.39 is 28.7 Å². The van der Waals surface area contributed by atoms with Crippen LogP contribution in [0.3, 0.4) is 0 Å². The summed E-state index contributed by atoms with van der Waals surface area (Å²) in [4.78, 5) is 35.5. The first kappa shape index (κ1) is 17.1. The second-order valence-electron chi connectivity index (χ2n) is 5.12. The smallest absolute Gasteiger partial charge is 0.353 e. The number of hydrogen-bond donors (Lipinski definition) is 3. The Balaban J connectivity index is 2.32. The Morgan fingerprint density at radius 3 is 2.61 bits per heavy atom. The molecule has 0 aromatic heterocycles. The Hall–Kier alpha value is -2.26. The standard InChI is InChI=1S/C14H16N2O6S/c1-7(6-17)11-9-5-10(23(22)4-3-15-8(2)18)12(14(20)21)16(9)13(11)19/h3-4,9,17H,5-6H2,1-2H3,(H,15,18)(H,20,21)/b4-3+,11-7+/t9?,23-/m1/s1. The molecule has 9 heteroatoms. The van der Waals surface area contributed by atoms with Gasteiger partial charge in [-0.2, -0.15) is 0 Å². The van der Waals surface area contributed by atoms with Crippen molar-refractivity contribution in [1.29, 1.82) is 0 Å². The molecule has 0 bridgehead atoms. The van der Waals surface area contributed by atoms with Crippen LogP contribution in [0.15, 0.2) is 33.4 Å². The average Bonchev–Trinajstić information content (AvgIpc) is 2.82. The van der Waals surface area contributed by atoms with E-state index in [9.17, 15) is 23.7 Å². The number of β-lactam (4-membered cyclic amide) rings is 1. The number of nitrogens with one attached hydrogen (secondary N) is 1. The Labute approximate surface area is 134 Å². The Bertz CT molecular complexity index is 706. The van der Waals surface area contributed by atoms with Gasteiger partial charge in [0.25, 0.3) is 5.91 Å². The maximum atomic E-state index is 12.3. The van der Waals surface area contributed by atoms with Gasteiger partial charge in [-0.25, -0.2) is 9.00 Å². The molecule has 0 radical (unpaired) electrons. The van der Waals surface area contributed by atoms with Gasteiger partial charge in [0.05, 0.1) is 28.4 Å². The first-order valence-electron chi connectivity index (χ1n) is 6.74. The summed E-state index contributed by atoms with van der Waals surface area (Å²) in [6.07, 6.45) is 1.30. The van der Waals surface area contributed by atoms with Gasteiger partial charge >= 0.3 is 5.97 Å². The number of nitrogens with zero attached hydrogens (tertiary/aromatic N) is 1. The number of carbonyl (C=O) groups is 3. The number of amides is 2. The van der Waals surface area contributed by atoms with Gasteiger partial charge in [-0.05, 0) is 12.5 Å². The number of fused-ring (bicyclic) bond motifs is 1. The van der Waals surface area contributed by atoms with Crippen molar-refractivity contribution in [2.45, 2.75) is 26.3 Å². The van der Waals surface area contributed by atoms with Crippen LogP contribution < -0.4 is 5.32 Å². The van der Waals surface area contributed by atoms with Gasteiger partial charge in [0.2, 0.25) is 5.91 Å². The molecule has 0 aliphatic carbocycles. The molecule has 2 aliphatic rings. The van der Waals surface area contributed by atoms with Crippen molar-refractivity contribution >= 4 is 28.6 Å². The maximum absolute atomic E-state index is 12.3. The number of hydrogen-bond acceptors (Lipinski definition) is 5. The highest BCUT2D eigenvalue weighted by Crippen LogP contribution is 2.44. The van der Waals surface area contributed by atoms with E-state index >= 15 is 0 Å². The monoisotopic (exact) mass is 340 g/mol. The van der Waals surface area contributed by atoms with E-state index in [2.05, 4.69) is 5.32 Å². The van der Waals surface area contributed by atoms with Crippen molar-refractivity contribution in [2.75, 3.05) is 6.61 Å². The Morgan fingerprint density at radius 2 is 2.09 bits per heavy atom. The van der Waals surface area contributed by atoms with Crippen LogP contribution in [0.25, 0.3) is 0 Å². The highest BCUT2D eigenvalue weighted by molar-refractivity contribution is 7.91. The van der Waals surface area contributed by atoms with Crippen LogP contribution in [0.5, 0.6) is 0 Å². The molecule has 0 aromatic rings. The highest BCUT2D eigenvalue weighted by Gasteiger charge is 2.53. The lowest BCUT2D eigenvalue weighted by Gasteiger charge is -2.39. The number of carboxylic acid groups (broad SMARTS) is 1. The summed E-state index contributed by atoms with van der Waals surface area (Å²) < 4.78 is 12.3. The zero-order chi connectivity index (χ0) is 17.3. The first-order valence-corrected chi connectivity index (χ1v) is 7.95. The quantitative estimate of drug-likeness (QED) is 0.460. The normalized spacial score (nSPS) is 23.7. The summed E-state index contributed by atoms with van der Waals surface area (Å²) in [7, 11) is -1.78. The molecule has 0 spiro atoms. The molecular formula is C14H16N2O6S. The highest BCUT2D eigenvalue weighted by atomic mass is 32.2. The molecule has 2 heterocycles. The van der Waals surface area contributed by atoms with E-state index in [-0.39, 0.29) is 29.5 Å². The Kier molecular flexibility index (Phi) is 4.81. The third-order valence-corrected chi connectivity index (χ3v) is 4.83. The predicted molar refractivity (Wildman–Crippen MR) is 80.8 cm³/mol. The molecule has 8 nitrogen and oxygen atoms in total. The summed E-state index contributed by atoms with van der Waals surface area (Å²) in [5, 5.41) is 22.0. The summed E-state index contributed by atoms with van der Waals surface area (Å²) in [6, 6.07) is -0.506. The summed E-state index contributed by atoms with van der Waals surface area (Å²) in [6.45, 7) is 2.58. The summed E-state index contributed by atoms with van der Waals surface area (Å²) in [5.74, 6) is -2.17. The van der Waals surface area contributed by atoms with Crippen molar-refractivity contribution in [2.24, 2.45) is 0 Å². The molecule has 1 unspecified atom stereocenters. The lowest BCUT2D eigenvalue weighted by atomic mass is 9.90. The minimum atomic E-state index is -1.78. The van der Waals surface area contributed by atoms with E-state index in [1.807, 2.05) is 0 Å². The van der Waals surface area contributed by atoms with Gasteiger partial charge in [-0.15, -0.1) is 0 Å². The van der Waals surface area contributed by atoms with Crippen LogP contribution in [0.1, 0.15) is 20.3 Å². The average molecular weight is 340 g/mol. The minimum absolute atomic E-state index is 0.109. The zero-order valence-corrected chi connectivity index (χ0v) is 13.3. The Morgan fingerprint density at radius 1 is 1.43 bits per heavy atom. The number of aliphatic carboxylic acids is 1. The van der Waals surface area contributed by atoms with E-state index in [0.717, 1.165) is 10.3 Å². The number of aliphatic hydroxyl groups excluding tert-OH is 1. The van der Waals surface area contributed by atoms with Gasteiger partial charge in [0, 0.05) is 30.5 Å². The van der Waals surface area contributed by atoms with Crippen molar-refractivity contribution in [1.82, 2.24) is 10.2 Å². The molecule has 1 fully saturated rings. The minimum Gasteiger partial charge on any atom is -0.477 e. The summed E-state index contributed by atoms with van der Waals surface area (Å²) >= 11 is 0. The summed E-state index contributed by atoms with van der Waals surface area (Å²) in [5.41, 5.74) is 0.547. The van der Waals surface area contributed by atoms with E-state index in [4.69, 9.17) is 5.11 Å². The molecular weight excluding hydrogens is 324 g/mol. The van der Waals surface area contributed by atoms with Gasteiger partial charge in [-0.3, -0.25) is 14.5 Å². The second-order valence-corrected chi connectivity index (χ2v) is 6.48. The number of aliphatic hydroxyl groups is 1. The SMILES string of the molecule is CC(=O)N/C=C/[S@@](=O)C1=C(C(=O)O)N2C(=O)/C(=C(\C)CO)C2C1. The van der Waals surface area contributed by atoms with Gasteiger partial charge in [0.1, 0.15) is 5.70 Å². The molecule has 2 aliphatic heterocycles. The molecule has 2 rings (SSSR count). The number of carbonyl (C=O) groups excluding carboxylic acids is 2. The van der Waals surface area contributed by atoms with Crippen LogP contribution in [-0.2, 0) is 25.2 Å². The molecule has 124 valence electrons. The number of rotatable bonds is 5. The van der Waals surface area contributed by atoms with Gasteiger partial charge in [0.15, 0.2) is 0 Å². The fourth-order valence-corrected chi connectivity index (χ4v) is 3.64. The van der Waals surface area contributed by atoms with E-state index in [0.29, 0.717) is 11.1 Å². The molecule has 23 heavy (non-hydrogen) atoms. The second kappa shape index (κ2) is 6.47. The van der Waals surface area contributed by atoms with Crippen molar-refractivity contribution in [3.05, 3.63) is 33.4 Å². The van der Waals surface area contributed by atoms with Crippen LogP contribution >= 0.6 is 0 Å². The molecule has 1 saturated heterocycles. The van der Waals surface area contributed by atoms with Crippen LogP contribution in [0.2, 0.25) is 0 Å². The van der Waals surface area contributed by atoms with E-state index in [1.165, 1.54) is 13.1 Å². The van der Waals surface area contributed by atoms with Crippen LogP contribution in [0.4, 0.5) is 0 Å². The molecule has 2 amide bonds. The largest absolute Gasteiger partial charge is 0.477 e. The predicted octanol–water partition coefficient (Wildman–Crippen LogP) is -0.438. The van der Waals surface area contributed by atoms with Crippen molar-refractivity contribution < 1.29 is 28.8 Å². The fraction of sp³-hybridized carbons (Fsp3) is 0.357. The molecule has 3 N–H and O–H groups in total. The molecule has 0 aromatic carbocycles. The van der Waals surface area contributed by atoms with Gasteiger partial charge in [-0.1, -0.05) is 0 Å². The van der Waals surface area contributed by atoms with Crippen LogP contribution in [-0.4, -0.2) is 49.8 Å². The fourth-order valence-electron chi connectivity index (χ4n) is 2.58.